The van der Waals surface area contributed by atoms with Crippen LogP contribution in [0.4, 0.5) is 30.2 Å². The molecule has 0 fully saturated rings. The SMILES string of the molecule is CCNC(=S)S(=O)(=O)Nc1cnccc1Nc1cccc(C(F)(F)F)c1. The number of hydrogen-bond acceptors (Lipinski definition) is 5. The first-order chi connectivity index (χ1) is 12.1. The Morgan fingerprint density at radius 2 is 1.96 bits per heavy atom. The van der Waals surface area contributed by atoms with Gasteiger partial charge in [0.25, 0.3) is 10.0 Å². The summed E-state index contributed by atoms with van der Waals surface area (Å²) >= 11 is 4.79. The number of nitrogens with one attached hydrogen (secondary N) is 3. The van der Waals surface area contributed by atoms with E-state index in [1.165, 1.54) is 30.6 Å². The molecule has 0 saturated heterocycles. The van der Waals surface area contributed by atoms with Crippen LogP contribution in [0.3, 0.4) is 0 Å². The molecule has 2 rings (SSSR count). The number of hydrogen-bond donors (Lipinski definition) is 3. The normalized spacial score (nSPS) is 11.7. The van der Waals surface area contributed by atoms with E-state index in [1.807, 2.05) is 0 Å². The first-order valence-corrected chi connectivity index (χ1v) is 9.21. The zero-order valence-corrected chi connectivity index (χ0v) is 15.1. The number of aromatic nitrogens is 1. The highest BCUT2D eigenvalue weighted by Crippen LogP contribution is 2.32. The second-order valence-corrected chi connectivity index (χ2v) is 7.33. The number of anilines is 3. The van der Waals surface area contributed by atoms with Crippen LogP contribution in [0.5, 0.6) is 0 Å². The minimum absolute atomic E-state index is 0.0464. The molecule has 0 aliphatic heterocycles. The fourth-order valence-electron chi connectivity index (χ4n) is 1.94. The lowest BCUT2D eigenvalue weighted by Gasteiger charge is -2.15. The zero-order chi connectivity index (χ0) is 19.4. The number of nitrogens with zero attached hydrogens (tertiary/aromatic N) is 1. The van der Waals surface area contributed by atoms with Crippen molar-refractivity contribution < 1.29 is 21.6 Å². The van der Waals surface area contributed by atoms with Crippen molar-refractivity contribution >= 4 is 43.6 Å². The average Bonchev–Trinajstić information content (AvgIpc) is 2.56. The molecule has 0 aliphatic carbocycles. The Bertz CT molecular complexity index is 902. The molecular formula is C15H15F3N4O2S2. The molecule has 6 nitrogen and oxygen atoms in total. The highest BCUT2D eigenvalue weighted by molar-refractivity contribution is 8.17. The number of thiocarbonyl (C=S) groups is 1. The average molecular weight is 404 g/mol. The summed E-state index contributed by atoms with van der Waals surface area (Å²) in [7, 11) is -4.01. The van der Waals surface area contributed by atoms with Gasteiger partial charge in [0, 0.05) is 18.4 Å². The van der Waals surface area contributed by atoms with Gasteiger partial charge >= 0.3 is 6.18 Å². The van der Waals surface area contributed by atoms with Crippen molar-refractivity contribution in [1.29, 1.82) is 0 Å². The van der Waals surface area contributed by atoms with E-state index >= 15 is 0 Å². The summed E-state index contributed by atoms with van der Waals surface area (Å²) in [6, 6.07) is 5.96. The van der Waals surface area contributed by atoms with Crippen LogP contribution in [0.1, 0.15) is 12.5 Å². The number of sulfonamides is 1. The van der Waals surface area contributed by atoms with Gasteiger partial charge in [-0.05, 0) is 43.4 Å². The molecule has 11 heteroatoms. The van der Waals surface area contributed by atoms with E-state index in [0.29, 0.717) is 6.54 Å². The third-order valence-electron chi connectivity index (χ3n) is 3.10. The molecule has 0 saturated carbocycles. The van der Waals surface area contributed by atoms with Crippen LogP contribution in [-0.2, 0) is 16.2 Å². The molecule has 0 amide bonds. The Morgan fingerprint density at radius 1 is 1.23 bits per heavy atom. The van der Waals surface area contributed by atoms with E-state index in [1.54, 1.807) is 6.92 Å². The molecule has 0 radical (unpaired) electrons. The number of pyridine rings is 1. The van der Waals surface area contributed by atoms with Crippen molar-refractivity contribution in [3.05, 3.63) is 48.3 Å². The molecule has 0 aliphatic rings. The topological polar surface area (TPSA) is 83.1 Å². The fourth-order valence-corrected chi connectivity index (χ4v) is 3.09. The Morgan fingerprint density at radius 3 is 2.62 bits per heavy atom. The largest absolute Gasteiger partial charge is 0.416 e. The van der Waals surface area contributed by atoms with Gasteiger partial charge in [0.1, 0.15) is 0 Å². The van der Waals surface area contributed by atoms with Gasteiger partial charge in [0.05, 0.1) is 23.1 Å². The molecule has 26 heavy (non-hydrogen) atoms. The maximum absolute atomic E-state index is 12.8. The van der Waals surface area contributed by atoms with Crippen LogP contribution in [0.25, 0.3) is 0 Å². The second kappa shape index (κ2) is 7.87. The van der Waals surface area contributed by atoms with Gasteiger partial charge in [0.2, 0.25) is 4.32 Å². The highest BCUT2D eigenvalue weighted by atomic mass is 32.2. The van der Waals surface area contributed by atoms with Crippen LogP contribution in [0.2, 0.25) is 0 Å². The second-order valence-electron chi connectivity index (χ2n) is 5.05. The van der Waals surface area contributed by atoms with Crippen LogP contribution >= 0.6 is 12.2 Å². The Labute approximate surface area is 153 Å². The summed E-state index contributed by atoms with van der Waals surface area (Å²) in [5.41, 5.74) is -0.417. The summed E-state index contributed by atoms with van der Waals surface area (Å²) in [5.74, 6) is 0. The first kappa shape index (κ1) is 19.9. The molecule has 0 unspecified atom stereocenters. The lowest BCUT2D eigenvalue weighted by molar-refractivity contribution is -0.137. The Balaban J connectivity index is 2.29. The van der Waals surface area contributed by atoms with Crippen molar-refractivity contribution in [1.82, 2.24) is 10.3 Å². The van der Waals surface area contributed by atoms with Gasteiger partial charge in [-0.3, -0.25) is 9.71 Å². The summed E-state index contributed by atoms with van der Waals surface area (Å²) in [4.78, 5) is 3.82. The molecule has 1 aromatic carbocycles. The van der Waals surface area contributed by atoms with Crippen LogP contribution < -0.4 is 15.4 Å². The molecule has 1 aromatic heterocycles. The first-order valence-electron chi connectivity index (χ1n) is 7.32. The summed E-state index contributed by atoms with van der Waals surface area (Å²) in [6.07, 6.45) is -1.89. The van der Waals surface area contributed by atoms with E-state index in [9.17, 15) is 21.6 Å². The molecule has 140 valence electrons. The van der Waals surface area contributed by atoms with Gasteiger partial charge < -0.3 is 10.6 Å². The predicted octanol–water partition coefficient (Wildman–Crippen LogP) is 3.48. The van der Waals surface area contributed by atoms with Crippen LogP contribution in [0.15, 0.2) is 42.7 Å². The van der Waals surface area contributed by atoms with Gasteiger partial charge in [0.15, 0.2) is 0 Å². The van der Waals surface area contributed by atoms with E-state index < -0.39 is 26.1 Å². The van der Waals surface area contributed by atoms with E-state index in [2.05, 4.69) is 20.3 Å². The Kier molecular flexibility index (Phi) is 6.03. The third kappa shape index (κ3) is 5.05. The van der Waals surface area contributed by atoms with E-state index in [4.69, 9.17) is 12.2 Å². The number of halogens is 3. The lowest BCUT2D eigenvalue weighted by atomic mass is 10.2. The monoisotopic (exact) mass is 404 g/mol. The van der Waals surface area contributed by atoms with Crippen molar-refractivity contribution in [2.45, 2.75) is 13.1 Å². The third-order valence-corrected chi connectivity index (χ3v) is 5.02. The van der Waals surface area contributed by atoms with Crippen molar-refractivity contribution in [2.75, 3.05) is 16.6 Å². The smallest absolute Gasteiger partial charge is 0.366 e. The van der Waals surface area contributed by atoms with Gasteiger partial charge in [-0.1, -0.05) is 6.07 Å². The van der Waals surface area contributed by atoms with Crippen molar-refractivity contribution in [3.63, 3.8) is 0 Å². The molecule has 2 aromatic rings. The molecule has 0 bridgehead atoms. The van der Waals surface area contributed by atoms with Crippen LogP contribution in [-0.4, -0.2) is 24.3 Å². The molecule has 0 spiro atoms. The standard InChI is InChI=1S/C15H15F3N4O2S2/c1-2-20-14(25)26(23,24)22-13-9-19-7-6-12(13)21-11-5-3-4-10(8-11)15(16,17)18/h3-9,22H,2H2,1H3,(H,19,21)(H,20,25). The summed E-state index contributed by atoms with van der Waals surface area (Å²) in [5, 5.41) is 5.26. The van der Waals surface area contributed by atoms with Gasteiger partial charge in [-0.2, -0.15) is 21.6 Å². The molecule has 0 atom stereocenters. The lowest BCUT2D eigenvalue weighted by Crippen LogP contribution is -2.33. The maximum Gasteiger partial charge on any atom is 0.416 e. The molecule has 3 N–H and O–H groups in total. The molecular weight excluding hydrogens is 389 g/mol. The minimum atomic E-state index is -4.49. The quantitative estimate of drug-likeness (QED) is 0.662. The predicted molar refractivity (Wildman–Crippen MR) is 97.8 cm³/mol. The van der Waals surface area contributed by atoms with Crippen molar-refractivity contribution in [2.24, 2.45) is 0 Å². The fraction of sp³-hybridized carbons (Fsp3) is 0.200. The van der Waals surface area contributed by atoms with Crippen LogP contribution in [0, 0.1) is 0 Å². The molecule has 1 heterocycles. The van der Waals surface area contributed by atoms with Crippen molar-refractivity contribution in [3.8, 4) is 0 Å². The summed E-state index contributed by atoms with van der Waals surface area (Å²) in [6.45, 7) is 2.01. The van der Waals surface area contributed by atoms with Gasteiger partial charge in [-0.25, -0.2) is 0 Å². The highest BCUT2D eigenvalue weighted by Gasteiger charge is 2.30. The Hall–Kier alpha value is -2.40. The maximum atomic E-state index is 12.8. The number of rotatable bonds is 5. The number of benzene rings is 1. The van der Waals surface area contributed by atoms with E-state index in [0.717, 1.165) is 12.1 Å². The zero-order valence-electron chi connectivity index (χ0n) is 13.5. The van der Waals surface area contributed by atoms with E-state index in [-0.39, 0.29) is 17.1 Å². The van der Waals surface area contributed by atoms with Gasteiger partial charge in [-0.15, -0.1) is 0 Å². The minimum Gasteiger partial charge on any atom is -0.366 e. The number of alkyl halides is 3. The summed E-state index contributed by atoms with van der Waals surface area (Å²) < 4.78 is 64.6.